The monoisotopic (exact) mass is 339 g/mol. The first-order valence-corrected chi connectivity index (χ1v) is 7.71. The molecule has 2 aromatic rings. The zero-order valence-electron chi connectivity index (χ0n) is 10.9. The van der Waals surface area contributed by atoms with E-state index in [2.05, 4.69) is 20.9 Å². The molecule has 0 amide bonds. The Morgan fingerprint density at radius 3 is 2.79 bits per heavy atom. The highest BCUT2D eigenvalue weighted by Gasteiger charge is 2.17. The number of aromatic amines is 1. The number of carbonyl (C=O) groups excluding carboxylic acids is 1. The van der Waals surface area contributed by atoms with E-state index in [1.165, 1.54) is 18.9 Å². The lowest BCUT2D eigenvalue weighted by molar-refractivity contribution is 0.0597. The molecule has 0 radical (unpaired) electrons. The molecule has 0 saturated carbocycles. The summed E-state index contributed by atoms with van der Waals surface area (Å²) in [6.45, 7) is 2.04. The van der Waals surface area contributed by atoms with Crippen molar-refractivity contribution in [2.24, 2.45) is 0 Å². The minimum absolute atomic E-state index is 0.320. The van der Waals surface area contributed by atoms with Crippen molar-refractivity contribution in [2.75, 3.05) is 13.4 Å². The molecule has 1 N–H and O–H groups in total. The molecule has 0 unspecified atom stereocenters. The molecule has 0 bridgehead atoms. The number of hydrogen-bond acceptors (Lipinski definition) is 3. The quantitative estimate of drug-likeness (QED) is 0.670. The molecule has 100 valence electrons. The molecule has 1 heterocycles. The van der Waals surface area contributed by atoms with Gasteiger partial charge in [0.15, 0.2) is 0 Å². The summed E-state index contributed by atoms with van der Waals surface area (Å²) in [6.07, 6.45) is 1.93. The van der Waals surface area contributed by atoms with Crippen molar-refractivity contribution in [1.29, 1.82) is 0 Å². The number of H-pyrrole nitrogens is 1. The molecule has 0 spiro atoms. The van der Waals surface area contributed by atoms with Crippen molar-refractivity contribution in [2.45, 2.75) is 11.9 Å². The molecule has 5 heteroatoms. The van der Waals surface area contributed by atoms with Gasteiger partial charge in [0.1, 0.15) is 0 Å². The number of aromatic nitrogens is 1. The third-order valence-electron chi connectivity index (χ3n) is 2.95. The second-order valence-corrected chi connectivity index (χ2v) is 5.70. The van der Waals surface area contributed by atoms with Crippen molar-refractivity contribution < 1.29 is 9.53 Å². The fourth-order valence-electron chi connectivity index (χ4n) is 1.90. The van der Waals surface area contributed by atoms with Crippen LogP contribution in [0.25, 0.3) is 11.3 Å². The van der Waals surface area contributed by atoms with Gasteiger partial charge in [-0.05, 0) is 30.9 Å². The second-order valence-electron chi connectivity index (χ2n) is 4.03. The summed E-state index contributed by atoms with van der Waals surface area (Å²) in [7, 11) is 1.39. The third-order valence-corrected chi connectivity index (χ3v) is 4.54. The van der Waals surface area contributed by atoms with E-state index in [0.717, 1.165) is 26.3 Å². The summed E-state index contributed by atoms with van der Waals surface area (Å²) in [5, 5.41) is 0.821. The van der Waals surface area contributed by atoms with Crippen molar-refractivity contribution in [3.8, 4) is 11.3 Å². The minimum Gasteiger partial charge on any atom is -0.465 e. The van der Waals surface area contributed by atoms with Gasteiger partial charge < -0.3 is 9.72 Å². The Kier molecular flexibility index (Phi) is 4.37. The lowest BCUT2D eigenvalue weighted by Gasteiger charge is -2.05. The van der Waals surface area contributed by atoms with Gasteiger partial charge >= 0.3 is 5.97 Å². The Labute approximate surface area is 124 Å². The molecule has 19 heavy (non-hydrogen) atoms. The lowest BCUT2D eigenvalue weighted by Crippen LogP contribution is -2.00. The Morgan fingerprint density at radius 1 is 1.42 bits per heavy atom. The van der Waals surface area contributed by atoms with Gasteiger partial charge in [-0.2, -0.15) is 0 Å². The molecule has 0 aliphatic rings. The average Bonchev–Trinajstić information content (AvgIpc) is 2.85. The van der Waals surface area contributed by atoms with Crippen LogP contribution in [0.1, 0.15) is 15.9 Å². The van der Waals surface area contributed by atoms with E-state index in [9.17, 15) is 4.79 Å². The highest BCUT2D eigenvalue weighted by Crippen LogP contribution is 2.32. The summed E-state index contributed by atoms with van der Waals surface area (Å²) < 4.78 is 5.85. The normalized spacial score (nSPS) is 10.5. The van der Waals surface area contributed by atoms with Crippen LogP contribution in [0.15, 0.2) is 33.8 Å². The van der Waals surface area contributed by atoms with Crippen LogP contribution < -0.4 is 0 Å². The Hall–Kier alpha value is -1.20. The Balaban J connectivity index is 2.55. The Morgan fingerprint density at radius 2 is 2.16 bits per heavy atom. The van der Waals surface area contributed by atoms with Crippen LogP contribution in [0, 0.1) is 6.92 Å². The van der Waals surface area contributed by atoms with Gasteiger partial charge in [0.2, 0.25) is 0 Å². The first-order chi connectivity index (χ1) is 9.08. The van der Waals surface area contributed by atoms with Gasteiger partial charge in [0, 0.05) is 15.7 Å². The number of nitrogens with one attached hydrogen (secondary N) is 1. The topological polar surface area (TPSA) is 42.1 Å². The van der Waals surface area contributed by atoms with Gasteiger partial charge in [-0.1, -0.05) is 28.1 Å². The maximum Gasteiger partial charge on any atom is 0.340 e. The van der Waals surface area contributed by atoms with Gasteiger partial charge in [-0.25, -0.2) is 4.79 Å². The molecule has 3 nitrogen and oxygen atoms in total. The average molecular weight is 340 g/mol. The van der Waals surface area contributed by atoms with Crippen LogP contribution in [-0.2, 0) is 4.74 Å². The lowest BCUT2D eigenvalue weighted by atomic mass is 10.1. The maximum absolute atomic E-state index is 11.7. The molecule has 2 rings (SSSR count). The fraction of sp³-hybridized carbons (Fsp3) is 0.214. The van der Waals surface area contributed by atoms with E-state index in [1.807, 2.05) is 37.4 Å². The van der Waals surface area contributed by atoms with Crippen molar-refractivity contribution in [3.05, 3.63) is 39.9 Å². The minimum atomic E-state index is -0.320. The van der Waals surface area contributed by atoms with E-state index in [-0.39, 0.29) is 5.97 Å². The van der Waals surface area contributed by atoms with Crippen LogP contribution in [0.3, 0.4) is 0 Å². The predicted octanol–water partition coefficient (Wildman–Crippen LogP) is 4.26. The highest BCUT2D eigenvalue weighted by atomic mass is 79.9. The maximum atomic E-state index is 11.7. The summed E-state index contributed by atoms with van der Waals surface area (Å²) in [6, 6.07) is 7.84. The van der Waals surface area contributed by atoms with E-state index < -0.39 is 0 Å². The number of halogens is 1. The number of thioether (sulfide) groups is 1. The van der Waals surface area contributed by atoms with Gasteiger partial charge in [-0.3, -0.25) is 0 Å². The van der Waals surface area contributed by atoms with Crippen molar-refractivity contribution in [3.63, 3.8) is 0 Å². The molecule has 0 atom stereocenters. The smallest absolute Gasteiger partial charge is 0.340 e. The molecule has 0 aliphatic heterocycles. The van der Waals surface area contributed by atoms with E-state index in [0.29, 0.717) is 5.56 Å². The standard InChI is InChI=1S/C14H14BrNO2S/c1-8-9(5-4-6-11(8)15)12-7-10(14(17)18-2)13(16-12)19-3/h4-7,16H,1-3H3. The Bertz CT molecular complexity index is 622. The molecular weight excluding hydrogens is 326 g/mol. The van der Waals surface area contributed by atoms with Crippen LogP contribution >= 0.6 is 27.7 Å². The number of esters is 1. The summed E-state index contributed by atoms with van der Waals surface area (Å²) in [5.41, 5.74) is 3.69. The zero-order valence-corrected chi connectivity index (χ0v) is 13.3. The molecule has 0 fully saturated rings. The molecule has 1 aromatic carbocycles. The summed E-state index contributed by atoms with van der Waals surface area (Å²) in [4.78, 5) is 15.0. The molecule has 0 saturated heterocycles. The predicted molar refractivity (Wildman–Crippen MR) is 81.8 cm³/mol. The molecule has 0 aliphatic carbocycles. The van der Waals surface area contributed by atoms with Gasteiger partial charge in [-0.15, -0.1) is 11.8 Å². The first-order valence-electron chi connectivity index (χ1n) is 5.69. The van der Waals surface area contributed by atoms with Gasteiger partial charge in [0.05, 0.1) is 17.7 Å². The fourth-order valence-corrected chi connectivity index (χ4v) is 2.84. The number of benzene rings is 1. The SMILES string of the molecule is COC(=O)c1cc(-c2cccc(Br)c2C)[nH]c1SC. The van der Waals surface area contributed by atoms with Crippen molar-refractivity contribution >= 4 is 33.7 Å². The molecule has 1 aromatic heterocycles. The van der Waals surface area contributed by atoms with E-state index in [1.54, 1.807) is 0 Å². The number of ether oxygens (including phenoxy) is 1. The number of hydrogen-bond donors (Lipinski definition) is 1. The summed E-state index contributed by atoms with van der Waals surface area (Å²) >= 11 is 5.01. The highest BCUT2D eigenvalue weighted by molar-refractivity contribution is 9.10. The van der Waals surface area contributed by atoms with Gasteiger partial charge in [0.25, 0.3) is 0 Å². The second kappa shape index (κ2) is 5.84. The largest absolute Gasteiger partial charge is 0.465 e. The first kappa shape index (κ1) is 14.2. The number of carbonyl (C=O) groups is 1. The van der Waals surface area contributed by atoms with Crippen LogP contribution in [-0.4, -0.2) is 24.3 Å². The third kappa shape index (κ3) is 2.72. The van der Waals surface area contributed by atoms with Crippen LogP contribution in [0.5, 0.6) is 0 Å². The molecular formula is C14H14BrNO2S. The summed E-state index contributed by atoms with van der Waals surface area (Å²) in [5.74, 6) is -0.320. The number of methoxy groups -OCH3 is 1. The zero-order chi connectivity index (χ0) is 14.0. The van der Waals surface area contributed by atoms with E-state index >= 15 is 0 Å². The van der Waals surface area contributed by atoms with Crippen molar-refractivity contribution in [1.82, 2.24) is 4.98 Å². The number of rotatable bonds is 3. The van der Waals surface area contributed by atoms with Crippen LogP contribution in [0.4, 0.5) is 0 Å². The van der Waals surface area contributed by atoms with Crippen LogP contribution in [0.2, 0.25) is 0 Å². The van der Waals surface area contributed by atoms with E-state index in [4.69, 9.17) is 4.74 Å².